The zero-order valence-corrected chi connectivity index (χ0v) is 12.4. The molecule has 116 valence electrons. The Bertz CT molecular complexity index is 489. The molecule has 1 aliphatic heterocycles. The third-order valence-electron chi connectivity index (χ3n) is 3.36. The third-order valence-corrected chi connectivity index (χ3v) is 3.36. The van der Waals surface area contributed by atoms with Crippen molar-refractivity contribution < 1.29 is 14.6 Å². The van der Waals surface area contributed by atoms with Gasteiger partial charge in [-0.25, -0.2) is 5.84 Å². The fraction of sp³-hybridized carbons (Fsp3) is 0.571. The van der Waals surface area contributed by atoms with Crippen LogP contribution in [0.4, 0.5) is 0 Å². The molecule has 7 heteroatoms. The topological polar surface area (TPSA) is 101 Å². The molecule has 0 radical (unpaired) electrons. The number of nitrogens with zero attached hydrogens (tertiary/aromatic N) is 2. The van der Waals surface area contributed by atoms with Crippen molar-refractivity contribution in [2.45, 2.75) is 32.1 Å². The molecule has 4 N–H and O–H groups in total. The number of pyridine rings is 1. The molecule has 1 aromatic heterocycles. The fourth-order valence-electron chi connectivity index (χ4n) is 2.60. The van der Waals surface area contributed by atoms with E-state index in [9.17, 15) is 9.90 Å². The highest BCUT2D eigenvalue weighted by molar-refractivity contribution is 5.93. The van der Waals surface area contributed by atoms with Crippen molar-refractivity contribution in [1.82, 2.24) is 15.3 Å². The SMILES string of the molecule is CC1(C)CN(Cc2ccc(C(=O)NN)cn2)CC(CO)O1. The quantitative estimate of drug-likeness (QED) is 0.399. The number of aromatic nitrogens is 1. The molecule has 2 heterocycles. The first-order valence-electron chi connectivity index (χ1n) is 6.90. The van der Waals surface area contributed by atoms with Crippen molar-refractivity contribution in [2.75, 3.05) is 19.7 Å². The second-order valence-corrected chi connectivity index (χ2v) is 5.86. The zero-order valence-electron chi connectivity index (χ0n) is 12.4. The van der Waals surface area contributed by atoms with Crippen LogP contribution in [0.2, 0.25) is 0 Å². The summed E-state index contributed by atoms with van der Waals surface area (Å²) in [4.78, 5) is 17.8. The first-order valence-corrected chi connectivity index (χ1v) is 6.90. The van der Waals surface area contributed by atoms with Crippen molar-refractivity contribution in [2.24, 2.45) is 5.84 Å². The van der Waals surface area contributed by atoms with Crippen LogP contribution in [0.1, 0.15) is 29.9 Å². The van der Waals surface area contributed by atoms with Gasteiger partial charge in [0.2, 0.25) is 0 Å². The molecule has 0 aromatic carbocycles. The zero-order chi connectivity index (χ0) is 15.5. The average molecular weight is 294 g/mol. The molecule has 1 aliphatic rings. The van der Waals surface area contributed by atoms with E-state index in [0.717, 1.165) is 12.2 Å². The van der Waals surface area contributed by atoms with Gasteiger partial charge in [-0.2, -0.15) is 0 Å². The summed E-state index contributed by atoms with van der Waals surface area (Å²) >= 11 is 0. The number of nitrogen functional groups attached to an aromatic ring is 1. The summed E-state index contributed by atoms with van der Waals surface area (Å²) in [7, 11) is 0. The van der Waals surface area contributed by atoms with E-state index in [1.165, 1.54) is 6.20 Å². The number of hydrogen-bond acceptors (Lipinski definition) is 6. The molecule has 1 atom stereocenters. The standard InChI is InChI=1S/C14H22N4O3/c1-14(2)9-18(7-12(8-19)21-14)6-11-4-3-10(5-16-11)13(20)17-15/h3-5,12,19H,6-9,15H2,1-2H3,(H,17,20). The summed E-state index contributed by atoms with van der Waals surface area (Å²) < 4.78 is 5.78. The fourth-order valence-corrected chi connectivity index (χ4v) is 2.60. The Labute approximate surface area is 124 Å². The van der Waals surface area contributed by atoms with E-state index in [-0.39, 0.29) is 24.2 Å². The summed E-state index contributed by atoms with van der Waals surface area (Å²) in [6, 6.07) is 3.50. The van der Waals surface area contributed by atoms with Crippen LogP contribution in [-0.2, 0) is 11.3 Å². The molecule has 2 rings (SSSR count). The lowest BCUT2D eigenvalue weighted by molar-refractivity contribution is -0.150. The second-order valence-electron chi connectivity index (χ2n) is 5.86. The van der Waals surface area contributed by atoms with Gasteiger partial charge in [0.1, 0.15) is 0 Å². The Morgan fingerprint density at radius 3 is 2.95 bits per heavy atom. The van der Waals surface area contributed by atoms with Gasteiger partial charge < -0.3 is 9.84 Å². The van der Waals surface area contributed by atoms with Gasteiger partial charge in [-0.1, -0.05) is 0 Å². The number of nitrogens with one attached hydrogen (secondary N) is 1. The van der Waals surface area contributed by atoms with E-state index < -0.39 is 0 Å². The number of nitrogens with two attached hydrogens (primary N) is 1. The van der Waals surface area contributed by atoms with E-state index in [0.29, 0.717) is 18.7 Å². The summed E-state index contributed by atoms with van der Waals surface area (Å²) in [5.74, 6) is 4.72. The van der Waals surface area contributed by atoms with Crippen LogP contribution < -0.4 is 11.3 Å². The van der Waals surface area contributed by atoms with Crippen molar-refractivity contribution in [3.05, 3.63) is 29.6 Å². The first-order chi connectivity index (χ1) is 9.93. The van der Waals surface area contributed by atoms with Gasteiger partial charge in [-0.3, -0.25) is 20.1 Å². The van der Waals surface area contributed by atoms with E-state index in [4.69, 9.17) is 10.6 Å². The van der Waals surface area contributed by atoms with Gasteiger partial charge in [-0.15, -0.1) is 0 Å². The summed E-state index contributed by atoms with van der Waals surface area (Å²) in [6.45, 7) is 6.08. The molecule has 1 unspecified atom stereocenters. The lowest BCUT2D eigenvalue weighted by atomic mass is 10.0. The Kier molecular flexibility index (Phi) is 4.89. The molecule has 1 saturated heterocycles. The number of hydrogen-bond donors (Lipinski definition) is 3. The first kappa shape index (κ1) is 15.8. The molecule has 0 saturated carbocycles. The van der Waals surface area contributed by atoms with Crippen molar-refractivity contribution in [1.29, 1.82) is 0 Å². The van der Waals surface area contributed by atoms with Crippen molar-refractivity contribution >= 4 is 5.91 Å². The number of ether oxygens (including phenoxy) is 1. The van der Waals surface area contributed by atoms with Crippen LogP contribution in [0.25, 0.3) is 0 Å². The lowest BCUT2D eigenvalue weighted by Crippen LogP contribution is -2.53. The minimum absolute atomic E-state index is 0.00294. The minimum atomic E-state index is -0.359. The van der Waals surface area contributed by atoms with Crippen LogP contribution in [-0.4, -0.2) is 52.3 Å². The van der Waals surface area contributed by atoms with Gasteiger partial charge in [0.05, 0.1) is 29.6 Å². The minimum Gasteiger partial charge on any atom is -0.394 e. The number of hydrazine groups is 1. The Morgan fingerprint density at radius 1 is 1.62 bits per heavy atom. The number of carbonyl (C=O) groups excluding carboxylic acids is 1. The van der Waals surface area contributed by atoms with Crippen molar-refractivity contribution in [3.63, 3.8) is 0 Å². The second kappa shape index (κ2) is 6.48. The van der Waals surface area contributed by atoms with Crippen LogP contribution in [0.3, 0.4) is 0 Å². The highest BCUT2D eigenvalue weighted by Gasteiger charge is 2.33. The van der Waals surface area contributed by atoms with Gasteiger partial charge in [-0.05, 0) is 26.0 Å². The number of aliphatic hydroxyl groups excluding tert-OH is 1. The third kappa shape index (κ3) is 4.21. The van der Waals surface area contributed by atoms with E-state index in [1.54, 1.807) is 12.1 Å². The summed E-state index contributed by atoms with van der Waals surface area (Å²) in [5.41, 5.74) is 3.06. The molecule has 7 nitrogen and oxygen atoms in total. The van der Waals surface area contributed by atoms with Crippen LogP contribution in [0.5, 0.6) is 0 Å². The lowest BCUT2D eigenvalue weighted by Gasteiger charge is -2.42. The number of rotatable bonds is 4. The molecule has 0 aliphatic carbocycles. The largest absolute Gasteiger partial charge is 0.394 e. The number of carbonyl (C=O) groups is 1. The Balaban J connectivity index is 2.02. The van der Waals surface area contributed by atoms with Crippen LogP contribution in [0.15, 0.2) is 18.3 Å². The van der Waals surface area contributed by atoms with Crippen LogP contribution in [0, 0.1) is 0 Å². The number of aliphatic hydroxyl groups is 1. The normalized spacial score (nSPS) is 22.0. The maximum atomic E-state index is 11.4. The molecule has 0 bridgehead atoms. The van der Waals surface area contributed by atoms with E-state index in [2.05, 4.69) is 15.3 Å². The molecular formula is C14H22N4O3. The monoisotopic (exact) mass is 294 g/mol. The van der Waals surface area contributed by atoms with E-state index >= 15 is 0 Å². The molecule has 1 fully saturated rings. The Hall–Kier alpha value is -1.54. The van der Waals surface area contributed by atoms with Crippen molar-refractivity contribution in [3.8, 4) is 0 Å². The molecule has 21 heavy (non-hydrogen) atoms. The molecule has 1 amide bonds. The maximum absolute atomic E-state index is 11.4. The summed E-state index contributed by atoms with van der Waals surface area (Å²) in [6.07, 6.45) is 1.32. The maximum Gasteiger partial charge on any atom is 0.266 e. The molecule has 1 aromatic rings. The average Bonchev–Trinajstić information content (AvgIpc) is 2.45. The van der Waals surface area contributed by atoms with Gasteiger partial charge in [0, 0.05) is 25.8 Å². The predicted molar refractivity (Wildman–Crippen MR) is 77.2 cm³/mol. The Morgan fingerprint density at radius 2 is 2.38 bits per heavy atom. The predicted octanol–water partition coefficient (Wildman–Crippen LogP) is -0.343. The van der Waals surface area contributed by atoms with Gasteiger partial charge in [0.15, 0.2) is 0 Å². The molecular weight excluding hydrogens is 272 g/mol. The smallest absolute Gasteiger partial charge is 0.266 e. The molecule has 0 spiro atoms. The highest BCUT2D eigenvalue weighted by Crippen LogP contribution is 2.22. The van der Waals surface area contributed by atoms with E-state index in [1.807, 2.05) is 13.8 Å². The summed E-state index contributed by atoms with van der Waals surface area (Å²) in [5, 5.41) is 9.31. The van der Waals surface area contributed by atoms with Gasteiger partial charge in [0.25, 0.3) is 5.91 Å². The number of morpholine rings is 1. The van der Waals surface area contributed by atoms with Gasteiger partial charge >= 0.3 is 0 Å². The number of amides is 1. The van der Waals surface area contributed by atoms with Crippen LogP contribution >= 0.6 is 0 Å². The highest BCUT2D eigenvalue weighted by atomic mass is 16.5.